The van der Waals surface area contributed by atoms with Crippen molar-refractivity contribution in [2.45, 2.75) is 45.3 Å². The molecule has 1 fully saturated rings. The largest absolute Gasteiger partial charge is 0.493 e. The zero-order chi connectivity index (χ0) is 15.2. The Labute approximate surface area is 124 Å². The van der Waals surface area contributed by atoms with Gasteiger partial charge in [0.25, 0.3) is 5.69 Å². The summed E-state index contributed by atoms with van der Waals surface area (Å²) < 4.78 is 11.0. The van der Waals surface area contributed by atoms with Crippen molar-refractivity contribution in [2.24, 2.45) is 0 Å². The van der Waals surface area contributed by atoms with Gasteiger partial charge in [0, 0.05) is 30.5 Å². The highest BCUT2D eigenvalue weighted by atomic mass is 16.6. The molecule has 1 aromatic rings. The van der Waals surface area contributed by atoms with Gasteiger partial charge in [-0.05, 0) is 26.2 Å². The first-order valence-electron chi connectivity index (χ1n) is 7.42. The molecule has 1 N–H and O–H groups in total. The maximum atomic E-state index is 11.0. The summed E-state index contributed by atoms with van der Waals surface area (Å²) in [7, 11) is 0. The van der Waals surface area contributed by atoms with E-state index in [1.165, 1.54) is 6.07 Å². The van der Waals surface area contributed by atoms with Gasteiger partial charge in [0.2, 0.25) is 0 Å². The summed E-state index contributed by atoms with van der Waals surface area (Å²) in [6.45, 7) is 5.26. The first-order chi connectivity index (χ1) is 10.1. The maximum Gasteiger partial charge on any atom is 0.275 e. The van der Waals surface area contributed by atoms with Crippen molar-refractivity contribution < 1.29 is 14.4 Å². The molecule has 2 rings (SSSR count). The Morgan fingerprint density at radius 2 is 2.10 bits per heavy atom. The van der Waals surface area contributed by atoms with Crippen LogP contribution in [0.1, 0.15) is 33.1 Å². The van der Waals surface area contributed by atoms with E-state index in [0.29, 0.717) is 24.5 Å². The molecule has 21 heavy (non-hydrogen) atoms. The lowest BCUT2D eigenvalue weighted by Gasteiger charge is -2.36. The SMILES string of the molecule is CCCOc1cc(NC2CC(OCC)C2)cc([N+](=O)[O-])c1. The Bertz CT molecular complexity index is 487. The fraction of sp³-hybridized carbons (Fsp3) is 0.600. The minimum Gasteiger partial charge on any atom is -0.493 e. The molecule has 0 aromatic heterocycles. The molecule has 1 aliphatic carbocycles. The Morgan fingerprint density at radius 3 is 2.71 bits per heavy atom. The molecule has 0 aliphatic heterocycles. The molecular formula is C15H22N2O4. The van der Waals surface area contributed by atoms with E-state index in [1.807, 2.05) is 19.9 Å². The minimum atomic E-state index is -0.395. The predicted octanol–water partition coefficient (Wildman–Crippen LogP) is 3.36. The van der Waals surface area contributed by atoms with E-state index in [1.54, 1.807) is 6.07 Å². The Morgan fingerprint density at radius 1 is 1.33 bits per heavy atom. The molecule has 0 atom stereocenters. The summed E-state index contributed by atoms with van der Waals surface area (Å²) >= 11 is 0. The molecule has 6 nitrogen and oxygen atoms in total. The molecule has 0 heterocycles. The number of nitrogens with one attached hydrogen (secondary N) is 1. The van der Waals surface area contributed by atoms with Crippen LogP contribution in [0.3, 0.4) is 0 Å². The molecule has 0 spiro atoms. The van der Waals surface area contributed by atoms with E-state index in [2.05, 4.69) is 5.32 Å². The van der Waals surface area contributed by atoms with E-state index in [0.717, 1.165) is 31.6 Å². The van der Waals surface area contributed by atoms with Crippen LogP contribution in [0.4, 0.5) is 11.4 Å². The molecule has 0 radical (unpaired) electrons. The van der Waals surface area contributed by atoms with Gasteiger partial charge in [-0.2, -0.15) is 0 Å². The summed E-state index contributed by atoms with van der Waals surface area (Å²) in [6, 6.07) is 5.14. The number of benzene rings is 1. The summed E-state index contributed by atoms with van der Waals surface area (Å²) in [5, 5.41) is 14.3. The second kappa shape index (κ2) is 7.26. The van der Waals surface area contributed by atoms with E-state index >= 15 is 0 Å². The lowest BCUT2D eigenvalue weighted by molar-refractivity contribution is -0.384. The third-order valence-corrected chi connectivity index (χ3v) is 3.44. The Balaban J connectivity index is 2.01. The fourth-order valence-electron chi connectivity index (χ4n) is 2.37. The average molecular weight is 294 g/mol. The minimum absolute atomic E-state index is 0.0479. The number of ether oxygens (including phenoxy) is 2. The van der Waals surface area contributed by atoms with E-state index < -0.39 is 4.92 Å². The van der Waals surface area contributed by atoms with Crippen LogP contribution in [0.5, 0.6) is 5.75 Å². The first-order valence-corrected chi connectivity index (χ1v) is 7.42. The van der Waals surface area contributed by atoms with E-state index in [9.17, 15) is 10.1 Å². The molecule has 1 aromatic carbocycles. The van der Waals surface area contributed by atoms with Crippen molar-refractivity contribution in [1.29, 1.82) is 0 Å². The highest BCUT2D eigenvalue weighted by Crippen LogP contribution is 2.31. The van der Waals surface area contributed by atoms with Gasteiger partial charge in [0.1, 0.15) is 5.75 Å². The average Bonchev–Trinajstić information content (AvgIpc) is 2.42. The van der Waals surface area contributed by atoms with Gasteiger partial charge in [-0.1, -0.05) is 6.92 Å². The standard InChI is InChI=1S/C15H22N2O4/c1-3-5-21-15-7-11(6-13(10-15)17(18)19)16-12-8-14(9-12)20-4-2/h6-7,10,12,14,16H,3-5,8-9H2,1-2H3. The van der Waals surface area contributed by atoms with Crippen molar-refractivity contribution in [2.75, 3.05) is 18.5 Å². The Kier molecular flexibility index (Phi) is 5.38. The molecular weight excluding hydrogens is 272 g/mol. The second-order valence-electron chi connectivity index (χ2n) is 5.21. The number of non-ortho nitro benzene ring substituents is 1. The van der Waals surface area contributed by atoms with Crippen LogP contribution in [0.25, 0.3) is 0 Å². The predicted molar refractivity (Wildman–Crippen MR) is 80.9 cm³/mol. The maximum absolute atomic E-state index is 11.0. The molecule has 1 aliphatic rings. The molecule has 0 bridgehead atoms. The Hall–Kier alpha value is -1.82. The van der Waals surface area contributed by atoms with Crippen molar-refractivity contribution >= 4 is 11.4 Å². The highest BCUT2D eigenvalue weighted by molar-refractivity contribution is 5.57. The van der Waals surface area contributed by atoms with Gasteiger partial charge in [-0.25, -0.2) is 0 Å². The van der Waals surface area contributed by atoms with Crippen LogP contribution in [0, 0.1) is 10.1 Å². The number of hydrogen-bond acceptors (Lipinski definition) is 5. The topological polar surface area (TPSA) is 73.6 Å². The molecule has 6 heteroatoms. The molecule has 0 unspecified atom stereocenters. The number of rotatable bonds is 8. The summed E-state index contributed by atoms with van der Waals surface area (Å²) in [5.41, 5.74) is 0.780. The van der Waals surface area contributed by atoms with Crippen molar-refractivity contribution in [3.63, 3.8) is 0 Å². The number of hydrogen-bond donors (Lipinski definition) is 1. The molecule has 116 valence electrons. The van der Waals surface area contributed by atoms with Crippen molar-refractivity contribution in [3.05, 3.63) is 28.3 Å². The highest BCUT2D eigenvalue weighted by Gasteiger charge is 2.29. The van der Waals surface area contributed by atoms with Gasteiger partial charge in [0.05, 0.1) is 23.7 Å². The number of nitro groups is 1. The molecule has 0 amide bonds. The van der Waals surface area contributed by atoms with Gasteiger partial charge in [-0.3, -0.25) is 10.1 Å². The quantitative estimate of drug-likeness (QED) is 0.588. The van der Waals surface area contributed by atoms with Crippen molar-refractivity contribution in [1.82, 2.24) is 0 Å². The van der Waals surface area contributed by atoms with Gasteiger partial charge in [0.15, 0.2) is 0 Å². The molecule has 0 saturated heterocycles. The van der Waals surface area contributed by atoms with Gasteiger partial charge in [-0.15, -0.1) is 0 Å². The number of anilines is 1. The lowest BCUT2D eigenvalue weighted by atomic mass is 9.89. The second-order valence-corrected chi connectivity index (χ2v) is 5.21. The van der Waals surface area contributed by atoms with Crippen LogP contribution >= 0.6 is 0 Å². The summed E-state index contributed by atoms with van der Waals surface area (Å²) in [4.78, 5) is 10.6. The van der Waals surface area contributed by atoms with E-state index in [-0.39, 0.29) is 5.69 Å². The molecule has 1 saturated carbocycles. The van der Waals surface area contributed by atoms with Crippen LogP contribution in [0.2, 0.25) is 0 Å². The van der Waals surface area contributed by atoms with E-state index in [4.69, 9.17) is 9.47 Å². The third kappa shape index (κ3) is 4.32. The summed E-state index contributed by atoms with van der Waals surface area (Å²) in [5.74, 6) is 0.536. The van der Waals surface area contributed by atoms with Crippen LogP contribution in [0.15, 0.2) is 18.2 Å². The zero-order valence-electron chi connectivity index (χ0n) is 12.5. The summed E-state index contributed by atoms with van der Waals surface area (Å²) in [6.07, 6.45) is 3.04. The zero-order valence-corrected chi connectivity index (χ0v) is 12.5. The smallest absolute Gasteiger partial charge is 0.275 e. The first kappa shape index (κ1) is 15.6. The monoisotopic (exact) mass is 294 g/mol. The third-order valence-electron chi connectivity index (χ3n) is 3.44. The fourth-order valence-corrected chi connectivity index (χ4v) is 2.37. The van der Waals surface area contributed by atoms with Crippen LogP contribution < -0.4 is 10.1 Å². The van der Waals surface area contributed by atoms with Gasteiger partial charge >= 0.3 is 0 Å². The van der Waals surface area contributed by atoms with Crippen LogP contribution in [-0.4, -0.2) is 30.3 Å². The number of nitrogens with zero attached hydrogens (tertiary/aromatic N) is 1. The lowest BCUT2D eigenvalue weighted by Crippen LogP contribution is -2.40. The number of nitro benzene ring substituents is 1. The van der Waals surface area contributed by atoms with Crippen molar-refractivity contribution in [3.8, 4) is 5.75 Å². The normalized spacial score (nSPS) is 20.7. The van der Waals surface area contributed by atoms with Gasteiger partial charge < -0.3 is 14.8 Å². The van der Waals surface area contributed by atoms with Crippen LogP contribution in [-0.2, 0) is 4.74 Å².